The molecule has 1 aliphatic rings. The number of amides is 1. The second kappa shape index (κ2) is 8.68. The van der Waals surface area contributed by atoms with Crippen molar-refractivity contribution in [1.82, 2.24) is 4.90 Å². The molecule has 1 fully saturated rings. The van der Waals surface area contributed by atoms with E-state index in [9.17, 15) is 19.5 Å². The van der Waals surface area contributed by atoms with E-state index in [2.05, 4.69) is 17.6 Å². The Balaban J connectivity index is 1.80. The number of carbonyl (C=O) groups excluding carboxylic acids is 1. The van der Waals surface area contributed by atoms with Gasteiger partial charge in [0, 0.05) is 20.1 Å². The lowest BCUT2D eigenvalue weighted by atomic mass is 9.96. The summed E-state index contributed by atoms with van der Waals surface area (Å²) in [6.07, 6.45) is 6.79. The van der Waals surface area contributed by atoms with Crippen LogP contribution in [0.25, 0.3) is 0 Å². The third-order valence-corrected chi connectivity index (χ3v) is 5.78. The molecule has 0 bridgehead atoms. The highest BCUT2D eigenvalue weighted by Gasteiger charge is 2.26. The summed E-state index contributed by atoms with van der Waals surface area (Å²) in [7, 11) is 3.19. The molecule has 2 aromatic carbocycles. The molecule has 0 heterocycles. The van der Waals surface area contributed by atoms with Gasteiger partial charge in [-0.25, -0.2) is 0 Å². The number of anilines is 3. The van der Waals surface area contributed by atoms with Crippen molar-refractivity contribution >= 4 is 23.0 Å². The van der Waals surface area contributed by atoms with Crippen molar-refractivity contribution < 1.29 is 9.90 Å². The molecule has 1 aliphatic carbocycles. The van der Waals surface area contributed by atoms with Gasteiger partial charge >= 0.3 is 0 Å². The summed E-state index contributed by atoms with van der Waals surface area (Å²) in [6, 6.07) is 4.82. The molecule has 1 atom stereocenters. The van der Waals surface area contributed by atoms with Crippen LogP contribution in [0.15, 0.2) is 27.8 Å². The lowest BCUT2D eigenvalue weighted by Gasteiger charge is -2.24. The summed E-state index contributed by atoms with van der Waals surface area (Å²) in [5.41, 5.74) is -0.407. The Bertz CT molecular complexity index is 954. The van der Waals surface area contributed by atoms with Crippen molar-refractivity contribution in [1.29, 1.82) is 0 Å². The Morgan fingerprint density at radius 1 is 1.17 bits per heavy atom. The molecule has 1 saturated carbocycles. The topological polar surface area (TPSA) is 98.7 Å². The van der Waals surface area contributed by atoms with E-state index in [0.717, 1.165) is 12.8 Å². The van der Waals surface area contributed by atoms with Gasteiger partial charge in [0.2, 0.25) is 0 Å². The molecule has 0 radical (unpaired) electrons. The van der Waals surface area contributed by atoms with Crippen LogP contribution in [0.1, 0.15) is 55.8 Å². The number of benzene rings is 1. The van der Waals surface area contributed by atoms with Crippen LogP contribution in [0.2, 0.25) is 0 Å². The predicted molar refractivity (Wildman–Crippen MR) is 115 cm³/mol. The second-order valence-corrected chi connectivity index (χ2v) is 8.07. The molecule has 0 spiro atoms. The van der Waals surface area contributed by atoms with E-state index in [1.807, 2.05) is 0 Å². The summed E-state index contributed by atoms with van der Waals surface area (Å²) < 4.78 is 0. The number of phenols is 1. The molecular weight excluding hydrogens is 370 g/mol. The zero-order valence-electron chi connectivity index (χ0n) is 17.2. The average Bonchev–Trinajstić information content (AvgIpc) is 3.22. The summed E-state index contributed by atoms with van der Waals surface area (Å²) >= 11 is 0. The first-order valence-electron chi connectivity index (χ1n) is 10.2. The van der Waals surface area contributed by atoms with Crippen LogP contribution in [0.4, 0.5) is 17.1 Å². The average molecular weight is 399 g/mol. The molecule has 156 valence electrons. The molecular formula is C22H29N3O4. The Hall–Kier alpha value is -2.83. The van der Waals surface area contributed by atoms with Crippen LogP contribution >= 0.6 is 0 Å². The highest BCUT2D eigenvalue weighted by atomic mass is 16.3. The molecule has 7 heteroatoms. The standard InChI is InChI=1S/C22H29N3O4/c1-4-14(12-13-8-5-6-9-13)23-17-18(21(28)20(17)27)24-16-11-7-10-15(19(16)26)22(29)25(2)3/h7,10-11,13-14,23-24,26H,4-6,8-9,12H2,1-3H3/t14-/m1/s1. The highest BCUT2D eigenvalue weighted by Crippen LogP contribution is 2.33. The minimum absolute atomic E-state index is 0.122. The van der Waals surface area contributed by atoms with Crippen molar-refractivity contribution in [2.24, 2.45) is 5.92 Å². The van der Waals surface area contributed by atoms with Crippen LogP contribution in [0.5, 0.6) is 5.75 Å². The second-order valence-electron chi connectivity index (χ2n) is 8.07. The quantitative estimate of drug-likeness (QED) is 0.466. The molecule has 7 nitrogen and oxygen atoms in total. The van der Waals surface area contributed by atoms with Gasteiger partial charge < -0.3 is 20.6 Å². The van der Waals surface area contributed by atoms with Crippen LogP contribution in [-0.2, 0) is 0 Å². The summed E-state index contributed by atoms with van der Waals surface area (Å²) in [5, 5.41) is 16.6. The van der Waals surface area contributed by atoms with Gasteiger partial charge in [-0.3, -0.25) is 14.4 Å². The SMILES string of the molecule is CC[C@H](CC1CCCC1)Nc1c(Nc2cccc(C(=O)N(C)C)c2O)c(=O)c1=O. The zero-order chi connectivity index (χ0) is 21.1. The van der Waals surface area contributed by atoms with Gasteiger partial charge in [-0.2, -0.15) is 0 Å². The van der Waals surface area contributed by atoms with Crippen LogP contribution in [0, 0.1) is 5.92 Å². The summed E-state index contributed by atoms with van der Waals surface area (Å²) in [5.74, 6) is 0.0633. The number of nitrogens with one attached hydrogen (secondary N) is 2. The van der Waals surface area contributed by atoms with Crippen LogP contribution in [0.3, 0.4) is 0 Å². The third-order valence-electron chi connectivity index (χ3n) is 5.78. The van der Waals surface area contributed by atoms with Gasteiger partial charge in [0.15, 0.2) is 5.75 Å². The fourth-order valence-electron chi connectivity index (χ4n) is 4.02. The Kier molecular flexibility index (Phi) is 6.25. The molecule has 0 unspecified atom stereocenters. The first-order valence-corrected chi connectivity index (χ1v) is 10.2. The van der Waals surface area contributed by atoms with Crippen LogP contribution < -0.4 is 21.5 Å². The number of phenolic OH excluding ortho intramolecular Hbond substituents is 1. The molecule has 0 aromatic heterocycles. The van der Waals surface area contributed by atoms with Gasteiger partial charge in [0.05, 0.1) is 11.3 Å². The number of rotatable bonds is 8. The first-order chi connectivity index (χ1) is 13.8. The minimum Gasteiger partial charge on any atom is -0.505 e. The summed E-state index contributed by atoms with van der Waals surface area (Å²) in [6.45, 7) is 2.06. The number of hydrogen-bond acceptors (Lipinski definition) is 6. The van der Waals surface area contributed by atoms with Crippen molar-refractivity contribution in [3.8, 4) is 5.75 Å². The lowest BCUT2D eigenvalue weighted by molar-refractivity contribution is 0.0824. The number of carbonyl (C=O) groups is 1. The van der Waals surface area contributed by atoms with Crippen molar-refractivity contribution in [3.63, 3.8) is 0 Å². The smallest absolute Gasteiger partial charge is 0.257 e. The van der Waals surface area contributed by atoms with Gasteiger partial charge in [0.25, 0.3) is 16.8 Å². The number of aromatic hydroxyl groups is 1. The Morgan fingerprint density at radius 2 is 1.83 bits per heavy atom. The van der Waals surface area contributed by atoms with Crippen molar-refractivity contribution in [2.45, 2.75) is 51.5 Å². The maximum atomic E-state index is 12.2. The first kappa shape index (κ1) is 20.9. The van der Waals surface area contributed by atoms with E-state index in [4.69, 9.17) is 0 Å². The minimum atomic E-state index is -0.619. The van der Waals surface area contributed by atoms with Gasteiger partial charge in [-0.1, -0.05) is 38.7 Å². The fourth-order valence-corrected chi connectivity index (χ4v) is 4.02. The molecule has 2 aromatic rings. The largest absolute Gasteiger partial charge is 0.505 e. The molecule has 0 aliphatic heterocycles. The number of hydrogen-bond donors (Lipinski definition) is 3. The Morgan fingerprint density at radius 3 is 2.45 bits per heavy atom. The zero-order valence-corrected chi connectivity index (χ0v) is 17.2. The van der Waals surface area contributed by atoms with Crippen molar-refractivity contribution in [3.05, 3.63) is 44.2 Å². The summed E-state index contributed by atoms with van der Waals surface area (Å²) in [4.78, 5) is 37.9. The van der Waals surface area contributed by atoms with Crippen molar-refractivity contribution in [2.75, 3.05) is 24.7 Å². The maximum Gasteiger partial charge on any atom is 0.257 e. The lowest BCUT2D eigenvalue weighted by Crippen LogP contribution is -2.39. The van der Waals surface area contributed by atoms with E-state index in [-0.39, 0.29) is 40.3 Å². The van der Waals surface area contributed by atoms with E-state index in [0.29, 0.717) is 5.92 Å². The monoisotopic (exact) mass is 399 g/mol. The molecule has 1 amide bonds. The number of nitrogens with zero attached hydrogens (tertiary/aromatic N) is 1. The molecule has 0 saturated heterocycles. The molecule has 3 rings (SSSR count). The third kappa shape index (κ3) is 4.28. The van der Waals surface area contributed by atoms with Crippen LogP contribution in [-0.4, -0.2) is 36.1 Å². The molecule has 3 N–H and O–H groups in total. The van der Waals surface area contributed by atoms with E-state index in [1.54, 1.807) is 26.2 Å². The van der Waals surface area contributed by atoms with E-state index in [1.165, 1.54) is 36.6 Å². The van der Waals surface area contributed by atoms with E-state index < -0.39 is 10.9 Å². The Labute approximate surface area is 170 Å². The fraction of sp³-hybridized carbons (Fsp3) is 0.500. The predicted octanol–water partition coefficient (Wildman–Crippen LogP) is 3.20. The van der Waals surface area contributed by atoms with Gasteiger partial charge in [0.1, 0.15) is 11.4 Å². The maximum absolute atomic E-state index is 12.2. The molecule has 29 heavy (non-hydrogen) atoms. The highest BCUT2D eigenvalue weighted by molar-refractivity contribution is 5.99. The normalized spacial score (nSPS) is 15.4. The van der Waals surface area contributed by atoms with Gasteiger partial charge in [-0.15, -0.1) is 0 Å². The van der Waals surface area contributed by atoms with E-state index >= 15 is 0 Å². The van der Waals surface area contributed by atoms with Gasteiger partial charge in [-0.05, 0) is 30.9 Å². The number of para-hydroxylation sites is 1.